The van der Waals surface area contributed by atoms with E-state index < -0.39 is 0 Å². The van der Waals surface area contributed by atoms with Crippen LogP contribution in [0, 0.1) is 6.92 Å². The number of anilines is 1. The molecule has 18 heavy (non-hydrogen) atoms. The molecule has 0 saturated carbocycles. The van der Waals surface area contributed by atoms with Gasteiger partial charge < -0.3 is 9.26 Å². The molecule has 2 heterocycles. The van der Waals surface area contributed by atoms with E-state index in [0.29, 0.717) is 17.5 Å². The lowest BCUT2D eigenvalue weighted by molar-refractivity contribution is -0.121. The number of fused-ring (bicyclic) bond motifs is 1. The third-order valence-corrected chi connectivity index (χ3v) is 2.68. The van der Waals surface area contributed by atoms with Crippen molar-refractivity contribution in [3.05, 3.63) is 36.0 Å². The van der Waals surface area contributed by atoms with Gasteiger partial charge >= 0.3 is 0 Å². The van der Waals surface area contributed by atoms with Gasteiger partial charge in [0.05, 0.1) is 12.2 Å². The van der Waals surface area contributed by atoms with Crippen LogP contribution in [0.1, 0.15) is 11.7 Å². The molecule has 0 saturated heterocycles. The van der Waals surface area contributed by atoms with Gasteiger partial charge in [-0.2, -0.15) is 4.98 Å². The Hall–Kier alpha value is -2.37. The molecule has 2 aromatic rings. The molecular formula is C12H11N3O3. The van der Waals surface area contributed by atoms with Crippen LogP contribution < -0.4 is 9.64 Å². The highest BCUT2D eigenvalue weighted by Gasteiger charge is 2.26. The summed E-state index contributed by atoms with van der Waals surface area (Å²) in [6.45, 7) is 2.04. The molecule has 0 unspecified atom stereocenters. The van der Waals surface area contributed by atoms with Gasteiger partial charge in [0.2, 0.25) is 5.89 Å². The van der Waals surface area contributed by atoms with Gasteiger partial charge in [-0.15, -0.1) is 0 Å². The van der Waals surface area contributed by atoms with E-state index in [2.05, 4.69) is 10.1 Å². The molecule has 1 aromatic heterocycles. The van der Waals surface area contributed by atoms with E-state index >= 15 is 0 Å². The van der Waals surface area contributed by atoms with Crippen molar-refractivity contribution in [1.29, 1.82) is 0 Å². The largest absolute Gasteiger partial charge is 0.482 e. The lowest BCUT2D eigenvalue weighted by Gasteiger charge is -2.28. The van der Waals surface area contributed by atoms with E-state index in [1.165, 1.54) is 0 Å². The Morgan fingerprint density at radius 2 is 2.22 bits per heavy atom. The Morgan fingerprint density at radius 1 is 1.39 bits per heavy atom. The molecule has 1 amide bonds. The molecule has 1 aliphatic rings. The average molecular weight is 245 g/mol. The standard InChI is InChI=1S/C12H11N3O3/c1-8-13-11(14-18-8)6-15-9-4-2-3-5-10(9)17-7-12(15)16/h2-5H,6-7H2,1H3. The highest BCUT2D eigenvalue weighted by molar-refractivity contribution is 5.97. The maximum absolute atomic E-state index is 11.9. The van der Waals surface area contributed by atoms with E-state index in [0.717, 1.165) is 5.69 Å². The first-order valence-electron chi connectivity index (χ1n) is 5.55. The molecule has 1 aromatic carbocycles. The first kappa shape index (κ1) is 10.8. The summed E-state index contributed by atoms with van der Waals surface area (Å²) in [5.41, 5.74) is 0.733. The van der Waals surface area contributed by atoms with Gasteiger partial charge in [0.1, 0.15) is 5.75 Å². The Bertz CT molecular complexity index is 594. The van der Waals surface area contributed by atoms with Crippen molar-refractivity contribution >= 4 is 11.6 Å². The molecule has 92 valence electrons. The SMILES string of the molecule is Cc1nc(CN2C(=O)COc3ccccc32)no1. The third-order valence-electron chi connectivity index (χ3n) is 2.68. The summed E-state index contributed by atoms with van der Waals surface area (Å²) in [5.74, 6) is 1.55. The highest BCUT2D eigenvalue weighted by atomic mass is 16.5. The van der Waals surface area contributed by atoms with Crippen LogP contribution >= 0.6 is 0 Å². The second-order valence-electron chi connectivity index (χ2n) is 3.97. The fourth-order valence-corrected chi connectivity index (χ4v) is 1.87. The summed E-state index contributed by atoms with van der Waals surface area (Å²) >= 11 is 0. The minimum Gasteiger partial charge on any atom is -0.482 e. The summed E-state index contributed by atoms with van der Waals surface area (Å²) in [4.78, 5) is 17.6. The summed E-state index contributed by atoms with van der Waals surface area (Å²) in [6, 6.07) is 7.39. The van der Waals surface area contributed by atoms with Crippen LogP contribution in [-0.4, -0.2) is 22.7 Å². The fraction of sp³-hybridized carbons (Fsp3) is 0.250. The fourth-order valence-electron chi connectivity index (χ4n) is 1.87. The first-order chi connectivity index (χ1) is 8.74. The smallest absolute Gasteiger partial charge is 0.265 e. The van der Waals surface area contributed by atoms with E-state index in [9.17, 15) is 4.79 Å². The predicted octanol–water partition coefficient (Wildman–Crippen LogP) is 1.30. The topological polar surface area (TPSA) is 68.5 Å². The van der Waals surface area contributed by atoms with E-state index in [4.69, 9.17) is 9.26 Å². The quantitative estimate of drug-likeness (QED) is 0.797. The number of hydrogen-bond donors (Lipinski definition) is 0. The predicted molar refractivity (Wildman–Crippen MR) is 62.2 cm³/mol. The number of benzene rings is 1. The number of para-hydroxylation sites is 2. The molecule has 0 atom stereocenters. The normalized spacial score (nSPS) is 14.3. The average Bonchev–Trinajstić information content (AvgIpc) is 2.79. The van der Waals surface area contributed by atoms with Crippen molar-refractivity contribution in [2.24, 2.45) is 0 Å². The van der Waals surface area contributed by atoms with Crippen LogP contribution in [0.3, 0.4) is 0 Å². The van der Waals surface area contributed by atoms with Crippen molar-refractivity contribution in [2.75, 3.05) is 11.5 Å². The Labute approximate surface area is 103 Å². The number of aryl methyl sites for hydroxylation is 1. The van der Waals surface area contributed by atoms with E-state index in [1.807, 2.05) is 24.3 Å². The van der Waals surface area contributed by atoms with E-state index in [-0.39, 0.29) is 19.1 Å². The van der Waals surface area contributed by atoms with Crippen LogP contribution in [0.15, 0.2) is 28.8 Å². The second-order valence-corrected chi connectivity index (χ2v) is 3.97. The molecule has 3 rings (SSSR count). The zero-order valence-electron chi connectivity index (χ0n) is 9.79. The van der Waals surface area contributed by atoms with Crippen molar-refractivity contribution in [3.8, 4) is 5.75 Å². The minimum absolute atomic E-state index is 0.0356. The Morgan fingerprint density at radius 3 is 3.00 bits per heavy atom. The van der Waals surface area contributed by atoms with E-state index in [1.54, 1.807) is 11.8 Å². The summed E-state index contributed by atoms with van der Waals surface area (Å²) < 4.78 is 10.3. The lowest BCUT2D eigenvalue weighted by atomic mass is 10.2. The van der Waals surface area contributed by atoms with Crippen molar-refractivity contribution < 1.29 is 14.1 Å². The zero-order chi connectivity index (χ0) is 12.5. The van der Waals surface area contributed by atoms with Crippen molar-refractivity contribution in [1.82, 2.24) is 10.1 Å². The number of carbonyl (C=O) groups excluding carboxylic acids is 1. The third kappa shape index (κ3) is 1.81. The maximum atomic E-state index is 11.9. The minimum atomic E-state index is -0.115. The van der Waals surface area contributed by atoms with Gasteiger partial charge in [-0.25, -0.2) is 0 Å². The number of aromatic nitrogens is 2. The molecule has 0 aliphatic carbocycles. The first-order valence-corrected chi connectivity index (χ1v) is 5.55. The summed E-state index contributed by atoms with van der Waals surface area (Å²) in [6.07, 6.45) is 0. The van der Waals surface area contributed by atoms with Crippen LogP contribution in [0.25, 0.3) is 0 Å². The monoisotopic (exact) mass is 245 g/mol. The van der Waals surface area contributed by atoms with Crippen LogP contribution in [0.2, 0.25) is 0 Å². The number of rotatable bonds is 2. The molecule has 0 bridgehead atoms. The molecule has 0 radical (unpaired) electrons. The number of ether oxygens (including phenoxy) is 1. The van der Waals surface area contributed by atoms with Crippen LogP contribution in [0.5, 0.6) is 5.75 Å². The van der Waals surface area contributed by atoms with Gasteiger partial charge in [-0.1, -0.05) is 17.3 Å². The van der Waals surface area contributed by atoms with Crippen LogP contribution in [-0.2, 0) is 11.3 Å². The highest BCUT2D eigenvalue weighted by Crippen LogP contribution is 2.32. The molecule has 0 spiro atoms. The van der Waals surface area contributed by atoms with Crippen molar-refractivity contribution in [3.63, 3.8) is 0 Å². The number of hydrogen-bond acceptors (Lipinski definition) is 5. The molecule has 1 aliphatic heterocycles. The zero-order valence-corrected chi connectivity index (χ0v) is 9.79. The Balaban J connectivity index is 1.93. The number of amides is 1. The van der Waals surface area contributed by atoms with Crippen LogP contribution in [0.4, 0.5) is 5.69 Å². The number of carbonyl (C=O) groups is 1. The Kier molecular flexibility index (Phi) is 2.47. The second kappa shape index (κ2) is 4.14. The van der Waals surface area contributed by atoms with Gasteiger partial charge in [0, 0.05) is 6.92 Å². The number of nitrogens with zero attached hydrogens (tertiary/aromatic N) is 3. The molecule has 6 nitrogen and oxygen atoms in total. The molecule has 6 heteroatoms. The van der Waals surface area contributed by atoms with Crippen molar-refractivity contribution in [2.45, 2.75) is 13.5 Å². The lowest BCUT2D eigenvalue weighted by Crippen LogP contribution is -2.38. The van der Waals surface area contributed by atoms with Gasteiger partial charge in [-0.3, -0.25) is 9.69 Å². The maximum Gasteiger partial charge on any atom is 0.265 e. The van der Waals surface area contributed by atoms with Gasteiger partial charge in [-0.05, 0) is 12.1 Å². The summed E-state index contributed by atoms with van der Waals surface area (Å²) in [7, 11) is 0. The van der Waals surface area contributed by atoms with Gasteiger partial charge in [0.25, 0.3) is 5.91 Å². The molecule has 0 N–H and O–H groups in total. The molecule has 0 fully saturated rings. The van der Waals surface area contributed by atoms with Gasteiger partial charge in [0.15, 0.2) is 12.4 Å². The summed E-state index contributed by atoms with van der Waals surface area (Å²) in [5, 5.41) is 3.80. The molecular weight excluding hydrogens is 234 g/mol.